The fourth-order valence-electron chi connectivity index (χ4n) is 1.75. The zero-order valence-corrected chi connectivity index (χ0v) is 9.85. The van der Waals surface area contributed by atoms with Crippen LogP contribution in [0.5, 0.6) is 0 Å². The minimum absolute atomic E-state index is 0.935. The molecule has 0 amide bonds. The molecular formula is C8H14O7S. The quantitative estimate of drug-likeness (QED) is 0.592. The van der Waals surface area contributed by atoms with Gasteiger partial charge in [0.1, 0.15) is 0 Å². The molecule has 0 aromatic heterocycles. The summed E-state index contributed by atoms with van der Waals surface area (Å²) in [6, 6.07) is 0. The molecular weight excluding hydrogens is 240 g/mol. The van der Waals surface area contributed by atoms with Gasteiger partial charge in [0.05, 0.1) is 5.92 Å². The van der Waals surface area contributed by atoms with Crippen LogP contribution in [0.25, 0.3) is 0 Å². The Bertz CT molecular complexity index is 397. The third-order valence-corrected chi connectivity index (χ3v) is 4.49. The summed E-state index contributed by atoms with van der Waals surface area (Å²) in [6.07, 6.45) is 0. The van der Waals surface area contributed by atoms with Crippen molar-refractivity contribution in [1.29, 1.82) is 0 Å². The van der Waals surface area contributed by atoms with E-state index in [1.807, 2.05) is 0 Å². The van der Waals surface area contributed by atoms with Crippen LogP contribution in [-0.2, 0) is 19.7 Å². The Hall–Kier alpha value is -1.15. The molecule has 0 aliphatic carbocycles. The van der Waals surface area contributed by atoms with Crippen molar-refractivity contribution in [1.82, 2.24) is 0 Å². The smallest absolute Gasteiger partial charge is 0.328 e. The molecule has 0 heterocycles. The molecule has 2 atom stereocenters. The van der Waals surface area contributed by atoms with Gasteiger partial charge in [-0.25, -0.2) is 0 Å². The average Bonchev–Trinajstić information content (AvgIpc) is 1.99. The summed E-state index contributed by atoms with van der Waals surface area (Å²) in [6.45, 7) is 3.38. The fourth-order valence-corrected chi connectivity index (χ4v) is 3.11. The Labute approximate surface area is 92.8 Å². The SMILES string of the molecule is CC(C)C(C(=O)O)(C(C)C(=O)O)S(=O)(=O)O. The van der Waals surface area contributed by atoms with Crippen LogP contribution in [0.3, 0.4) is 0 Å². The van der Waals surface area contributed by atoms with E-state index >= 15 is 0 Å². The lowest BCUT2D eigenvalue weighted by Crippen LogP contribution is -2.57. The van der Waals surface area contributed by atoms with E-state index in [2.05, 4.69) is 0 Å². The van der Waals surface area contributed by atoms with Gasteiger partial charge in [0.2, 0.25) is 4.75 Å². The van der Waals surface area contributed by atoms with Crippen molar-refractivity contribution >= 4 is 22.1 Å². The summed E-state index contributed by atoms with van der Waals surface area (Å²) >= 11 is 0. The molecule has 7 nitrogen and oxygen atoms in total. The lowest BCUT2D eigenvalue weighted by Gasteiger charge is -2.33. The predicted octanol–water partition coefficient (Wildman–Crippen LogP) is 0.0743. The molecule has 0 bridgehead atoms. The normalized spacial score (nSPS) is 17.8. The molecule has 0 radical (unpaired) electrons. The Kier molecular flexibility index (Phi) is 4.07. The van der Waals surface area contributed by atoms with Gasteiger partial charge >= 0.3 is 11.9 Å². The minimum atomic E-state index is -5.05. The second-order valence-corrected chi connectivity index (χ2v) is 5.41. The molecule has 94 valence electrons. The van der Waals surface area contributed by atoms with E-state index < -0.39 is 38.6 Å². The number of rotatable bonds is 5. The number of hydrogen-bond donors (Lipinski definition) is 3. The van der Waals surface area contributed by atoms with Gasteiger partial charge in [0.25, 0.3) is 10.1 Å². The van der Waals surface area contributed by atoms with E-state index in [0.717, 1.165) is 6.92 Å². The first-order valence-corrected chi connectivity index (χ1v) is 5.86. The highest BCUT2D eigenvalue weighted by molar-refractivity contribution is 7.88. The zero-order valence-electron chi connectivity index (χ0n) is 9.04. The predicted molar refractivity (Wildman–Crippen MR) is 53.6 cm³/mol. The maximum atomic E-state index is 11.2. The number of carbonyl (C=O) groups is 2. The van der Waals surface area contributed by atoms with Crippen molar-refractivity contribution in [2.45, 2.75) is 25.5 Å². The van der Waals surface area contributed by atoms with Crippen molar-refractivity contribution < 1.29 is 32.8 Å². The Morgan fingerprint density at radius 2 is 1.50 bits per heavy atom. The maximum absolute atomic E-state index is 11.2. The molecule has 16 heavy (non-hydrogen) atoms. The Morgan fingerprint density at radius 3 is 1.56 bits per heavy atom. The second-order valence-electron chi connectivity index (χ2n) is 3.79. The van der Waals surface area contributed by atoms with Gasteiger partial charge in [0.15, 0.2) is 0 Å². The van der Waals surface area contributed by atoms with Gasteiger partial charge in [-0.1, -0.05) is 13.8 Å². The number of aliphatic carboxylic acids is 2. The van der Waals surface area contributed by atoms with E-state index in [4.69, 9.17) is 14.8 Å². The standard InChI is InChI=1S/C8H14O7S/c1-4(2)8(7(11)12,16(13,14)15)5(3)6(9)10/h4-5H,1-3H3,(H,9,10)(H,11,12)(H,13,14,15). The van der Waals surface area contributed by atoms with Gasteiger partial charge in [-0.2, -0.15) is 8.42 Å². The molecule has 0 aromatic rings. The van der Waals surface area contributed by atoms with Crippen LogP contribution in [-0.4, -0.2) is 39.9 Å². The van der Waals surface area contributed by atoms with Crippen molar-refractivity contribution in [3.8, 4) is 0 Å². The summed E-state index contributed by atoms with van der Waals surface area (Å²) in [5, 5.41) is 17.7. The number of carboxylic acids is 2. The minimum Gasteiger partial charge on any atom is -0.481 e. The molecule has 3 N–H and O–H groups in total. The van der Waals surface area contributed by atoms with E-state index in [-0.39, 0.29) is 0 Å². The van der Waals surface area contributed by atoms with Crippen LogP contribution >= 0.6 is 0 Å². The third-order valence-electron chi connectivity index (χ3n) is 2.63. The highest BCUT2D eigenvalue weighted by Gasteiger charge is 2.59. The number of carboxylic acid groups (broad SMARTS) is 2. The number of hydrogen-bond acceptors (Lipinski definition) is 4. The topological polar surface area (TPSA) is 129 Å². The lowest BCUT2D eigenvalue weighted by molar-refractivity contribution is -0.153. The fraction of sp³-hybridized carbons (Fsp3) is 0.750. The van der Waals surface area contributed by atoms with E-state index in [1.165, 1.54) is 13.8 Å². The maximum Gasteiger partial charge on any atom is 0.328 e. The molecule has 0 aromatic carbocycles. The van der Waals surface area contributed by atoms with Crippen molar-refractivity contribution in [2.24, 2.45) is 11.8 Å². The van der Waals surface area contributed by atoms with Crippen LogP contribution in [0.15, 0.2) is 0 Å². The first-order valence-electron chi connectivity index (χ1n) is 4.42. The Morgan fingerprint density at radius 1 is 1.12 bits per heavy atom. The molecule has 0 saturated heterocycles. The van der Waals surface area contributed by atoms with Crippen molar-refractivity contribution in [2.75, 3.05) is 0 Å². The van der Waals surface area contributed by atoms with E-state index in [9.17, 15) is 18.0 Å². The lowest BCUT2D eigenvalue weighted by atomic mass is 9.83. The van der Waals surface area contributed by atoms with Crippen molar-refractivity contribution in [3.05, 3.63) is 0 Å². The van der Waals surface area contributed by atoms with Gasteiger partial charge < -0.3 is 10.2 Å². The molecule has 2 unspecified atom stereocenters. The average molecular weight is 254 g/mol. The monoisotopic (exact) mass is 254 g/mol. The van der Waals surface area contributed by atoms with Crippen LogP contribution in [0.2, 0.25) is 0 Å². The first-order chi connectivity index (χ1) is 6.99. The Balaban J connectivity index is 6.06. The summed E-state index contributed by atoms with van der Waals surface area (Å²) in [5.41, 5.74) is 0. The van der Waals surface area contributed by atoms with Gasteiger partial charge in [-0.3, -0.25) is 14.1 Å². The largest absolute Gasteiger partial charge is 0.481 e. The van der Waals surface area contributed by atoms with Crippen molar-refractivity contribution in [3.63, 3.8) is 0 Å². The second kappa shape index (κ2) is 4.38. The van der Waals surface area contributed by atoms with Gasteiger partial charge in [-0.05, 0) is 12.8 Å². The molecule has 0 aliphatic heterocycles. The summed E-state index contributed by atoms with van der Waals surface area (Å²) in [5.74, 6) is -6.33. The molecule has 0 saturated carbocycles. The molecule has 0 rings (SSSR count). The zero-order chi connectivity index (χ0) is 13.3. The third kappa shape index (κ3) is 2.03. The summed E-state index contributed by atoms with van der Waals surface area (Å²) in [7, 11) is -5.05. The molecule has 0 aliphatic rings. The highest BCUT2D eigenvalue weighted by atomic mass is 32.2. The molecule has 8 heteroatoms. The first kappa shape index (κ1) is 14.8. The van der Waals surface area contributed by atoms with Crippen LogP contribution in [0.4, 0.5) is 0 Å². The molecule has 0 spiro atoms. The summed E-state index contributed by atoms with van der Waals surface area (Å²) < 4.78 is 28.7. The van der Waals surface area contributed by atoms with Crippen LogP contribution < -0.4 is 0 Å². The van der Waals surface area contributed by atoms with Crippen LogP contribution in [0.1, 0.15) is 20.8 Å². The summed E-state index contributed by atoms with van der Waals surface area (Å²) in [4.78, 5) is 21.8. The highest BCUT2D eigenvalue weighted by Crippen LogP contribution is 2.35. The van der Waals surface area contributed by atoms with E-state index in [1.54, 1.807) is 0 Å². The molecule has 0 fully saturated rings. The van der Waals surface area contributed by atoms with Gasteiger partial charge in [-0.15, -0.1) is 0 Å². The van der Waals surface area contributed by atoms with Gasteiger partial charge in [0, 0.05) is 0 Å². The van der Waals surface area contributed by atoms with Crippen LogP contribution in [0, 0.1) is 11.8 Å². The van der Waals surface area contributed by atoms with E-state index in [0.29, 0.717) is 0 Å².